The molecule has 20 heavy (non-hydrogen) atoms. The van der Waals surface area contributed by atoms with Crippen molar-refractivity contribution in [2.75, 3.05) is 0 Å². The summed E-state index contributed by atoms with van der Waals surface area (Å²) < 4.78 is 2.77. The Morgan fingerprint density at radius 2 is 2.05 bits per heavy atom. The molecular formula is C15H20BrN3O. The summed E-state index contributed by atoms with van der Waals surface area (Å²) in [6.07, 6.45) is 1.98. The summed E-state index contributed by atoms with van der Waals surface area (Å²) in [5.41, 5.74) is -0.124. The van der Waals surface area contributed by atoms with E-state index in [2.05, 4.69) is 39.9 Å². The lowest BCUT2D eigenvalue weighted by molar-refractivity contribution is 0.0533. The zero-order valence-corrected chi connectivity index (χ0v) is 13.6. The highest BCUT2D eigenvalue weighted by Crippen LogP contribution is 2.30. The molecule has 0 fully saturated rings. The van der Waals surface area contributed by atoms with Gasteiger partial charge in [0.1, 0.15) is 12.2 Å². The second-order valence-corrected chi connectivity index (χ2v) is 6.54. The summed E-state index contributed by atoms with van der Waals surface area (Å²) >= 11 is 3.49. The molecule has 0 saturated heterocycles. The van der Waals surface area contributed by atoms with Crippen molar-refractivity contribution in [3.05, 3.63) is 46.5 Å². The van der Waals surface area contributed by atoms with Crippen LogP contribution in [-0.4, -0.2) is 19.9 Å². The van der Waals surface area contributed by atoms with Crippen LogP contribution >= 0.6 is 15.9 Å². The maximum atomic E-state index is 10.8. The second kappa shape index (κ2) is 6.06. The van der Waals surface area contributed by atoms with E-state index in [-0.39, 0.29) is 0 Å². The Balaban J connectivity index is 2.25. The predicted octanol–water partition coefficient (Wildman–Crippen LogP) is 3.15. The number of hydrogen-bond donors (Lipinski definition) is 1. The molecule has 2 aromatic rings. The number of rotatable bonds is 5. The van der Waals surface area contributed by atoms with E-state index in [0.717, 1.165) is 22.4 Å². The Labute approximate surface area is 128 Å². The Morgan fingerprint density at radius 3 is 2.70 bits per heavy atom. The van der Waals surface area contributed by atoms with Crippen LogP contribution in [0.15, 0.2) is 35.1 Å². The number of aliphatic hydroxyl groups is 1. The van der Waals surface area contributed by atoms with Crippen molar-refractivity contribution in [2.45, 2.75) is 39.3 Å². The first kappa shape index (κ1) is 15.2. The van der Waals surface area contributed by atoms with Gasteiger partial charge in [-0.25, -0.2) is 9.67 Å². The Kier molecular flexibility index (Phi) is 4.60. The summed E-state index contributed by atoms with van der Waals surface area (Å²) in [7, 11) is 0. The number of hydrogen-bond acceptors (Lipinski definition) is 3. The molecule has 1 aromatic carbocycles. The van der Waals surface area contributed by atoms with E-state index in [1.807, 2.05) is 35.9 Å². The van der Waals surface area contributed by atoms with Crippen LogP contribution in [0, 0.1) is 5.92 Å². The molecule has 0 bridgehead atoms. The van der Waals surface area contributed by atoms with Crippen molar-refractivity contribution in [3.8, 4) is 0 Å². The van der Waals surface area contributed by atoms with E-state index in [0.29, 0.717) is 12.3 Å². The Hall–Kier alpha value is -1.20. The molecule has 1 atom stereocenters. The van der Waals surface area contributed by atoms with E-state index >= 15 is 0 Å². The number of aromatic nitrogens is 3. The van der Waals surface area contributed by atoms with Gasteiger partial charge in [0.15, 0.2) is 0 Å². The van der Waals surface area contributed by atoms with Crippen LogP contribution in [0.1, 0.15) is 32.2 Å². The van der Waals surface area contributed by atoms with Gasteiger partial charge in [-0.15, -0.1) is 0 Å². The molecule has 0 aliphatic heterocycles. The van der Waals surface area contributed by atoms with Crippen LogP contribution in [0.25, 0.3) is 0 Å². The smallest absolute Gasteiger partial charge is 0.138 e. The summed E-state index contributed by atoms with van der Waals surface area (Å²) in [6.45, 7) is 6.89. The summed E-state index contributed by atoms with van der Waals surface area (Å²) in [5, 5.41) is 15.0. The average Bonchev–Trinajstić information content (AvgIpc) is 2.75. The Bertz CT molecular complexity index is 578. The normalized spacial score (nSPS) is 14.5. The molecule has 0 radical (unpaired) electrons. The van der Waals surface area contributed by atoms with Gasteiger partial charge in [0.05, 0.1) is 5.60 Å². The zero-order chi connectivity index (χ0) is 14.8. The van der Waals surface area contributed by atoms with Gasteiger partial charge in [-0.1, -0.05) is 48.0 Å². The second-order valence-electron chi connectivity index (χ2n) is 5.68. The third kappa shape index (κ3) is 3.46. The predicted molar refractivity (Wildman–Crippen MR) is 82.3 cm³/mol. The van der Waals surface area contributed by atoms with Gasteiger partial charge in [0.2, 0.25) is 0 Å². The van der Waals surface area contributed by atoms with Gasteiger partial charge in [-0.05, 0) is 24.5 Å². The molecule has 2 rings (SSSR count). The average molecular weight is 338 g/mol. The van der Waals surface area contributed by atoms with Gasteiger partial charge >= 0.3 is 0 Å². The van der Waals surface area contributed by atoms with E-state index < -0.39 is 5.60 Å². The number of benzene rings is 1. The minimum absolute atomic E-state index is 0.433. The van der Waals surface area contributed by atoms with Crippen LogP contribution in [0.4, 0.5) is 0 Å². The molecule has 1 heterocycles. The van der Waals surface area contributed by atoms with Crippen LogP contribution in [-0.2, 0) is 18.6 Å². The van der Waals surface area contributed by atoms with Gasteiger partial charge in [-0.3, -0.25) is 0 Å². The van der Waals surface area contributed by atoms with E-state index in [1.165, 1.54) is 0 Å². The van der Waals surface area contributed by atoms with Gasteiger partial charge in [0, 0.05) is 17.4 Å². The van der Waals surface area contributed by atoms with Crippen LogP contribution in [0.5, 0.6) is 0 Å². The van der Waals surface area contributed by atoms with Gasteiger partial charge in [-0.2, -0.15) is 5.10 Å². The Morgan fingerprint density at radius 1 is 1.35 bits per heavy atom. The largest absolute Gasteiger partial charge is 0.385 e. The molecule has 0 aliphatic rings. The highest BCUT2D eigenvalue weighted by molar-refractivity contribution is 9.10. The van der Waals surface area contributed by atoms with Crippen molar-refractivity contribution in [1.29, 1.82) is 0 Å². The molecule has 1 unspecified atom stereocenters. The third-order valence-electron chi connectivity index (χ3n) is 3.19. The fourth-order valence-corrected chi connectivity index (χ4v) is 2.94. The maximum absolute atomic E-state index is 10.8. The molecule has 0 spiro atoms. The first-order valence-corrected chi connectivity index (χ1v) is 7.53. The minimum atomic E-state index is -0.984. The SMILES string of the molecule is CC(C)Cn1ncnc1CC(C)(O)c1ccccc1Br. The lowest BCUT2D eigenvalue weighted by Crippen LogP contribution is -2.27. The van der Waals surface area contributed by atoms with Crippen molar-refractivity contribution >= 4 is 15.9 Å². The summed E-state index contributed by atoms with van der Waals surface area (Å²) in [6, 6.07) is 7.72. The number of nitrogens with zero attached hydrogens (tertiary/aromatic N) is 3. The van der Waals surface area contributed by atoms with Gasteiger partial charge < -0.3 is 5.11 Å². The van der Waals surface area contributed by atoms with Crippen LogP contribution < -0.4 is 0 Å². The van der Waals surface area contributed by atoms with Crippen molar-refractivity contribution in [3.63, 3.8) is 0 Å². The summed E-state index contributed by atoms with van der Waals surface area (Å²) in [5.74, 6) is 1.29. The molecule has 0 aliphatic carbocycles. The molecule has 4 nitrogen and oxygen atoms in total. The van der Waals surface area contributed by atoms with Crippen LogP contribution in [0.3, 0.4) is 0 Å². The third-order valence-corrected chi connectivity index (χ3v) is 3.88. The van der Waals surface area contributed by atoms with Crippen molar-refractivity contribution in [1.82, 2.24) is 14.8 Å². The fourth-order valence-electron chi connectivity index (χ4n) is 2.22. The number of halogens is 1. The van der Waals surface area contributed by atoms with E-state index in [4.69, 9.17) is 0 Å². The molecule has 108 valence electrons. The molecule has 1 N–H and O–H groups in total. The van der Waals surface area contributed by atoms with Gasteiger partial charge in [0.25, 0.3) is 0 Å². The van der Waals surface area contributed by atoms with Crippen molar-refractivity contribution < 1.29 is 5.11 Å². The summed E-state index contributed by atoms with van der Waals surface area (Å²) in [4.78, 5) is 4.29. The molecule has 0 amide bonds. The first-order chi connectivity index (χ1) is 9.40. The minimum Gasteiger partial charge on any atom is -0.385 e. The zero-order valence-electron chi connectivity index (χ0n) is 12.0. The first-order valence-electron chi connectivity index (χ1n) is 6.74. The maximum Gasteiger partial charge on any atom is 0.138 e. The molecule has 0 saturated carbocycles. The molecule has 1 aromatic heterocycles. The standard InChI is InChI=1S/C15H20BrN3O/c1-11(2)9-19-14(17-10-18-19)8-15(3,20)12-6-4-5-7-13(12)16/h4-7,10-11,20H,8-9H2,1-3H3. The highest BCUT2D eigenvalue weighted by atomic mass is 79.9. The van der Waals surface area contributed by atoms with E-state index in [9.17, 15) is 5.11 Å². The van der Waals surface area contributed by atoms with E-state index in [1.54, 1.807) is 6.33 Å². The topological polar surface area (TPSA) is 50.9 Å². The highest BCUT2D eigenvalue weighted by Gasteiger charge is 2.28. The molecule has 5 heteroatoms. The van der Waals surface area contributed by atoms with Crippen LogP contribution in [0.2, 0.25) is 0 Å². The van der Waals surface area contributed by atoms with Crippen molar-refractivity contribution in [2.24, 2.45) is 5.92 Å². The fraction of sp³-hybridized carbons (Fsp3) is 0.467. The lowest BCUT2D eigenvalue weighted by Gasteiger charge is -2.25. The quantitative estimate of drug-likeness (QED) is 0.911. The molecular weight excluding hydrogens is 318 g/mol. The monoisotopic (exact) mass is 337 g/mol. The lowest BCUT2D eigenvalue weighted by atomic mass is 9.92.